The molecule has 1 saturated heterocycles. The lowest BCUT2D eigenvalue weighted by molar-refractivity contribution is 0.0201. The van der Waals surface area contributed by atoms with Crippen molar-refractivity contribution in [1.82, 2.24) is 15.1 Å². The summed E-state index contributed by atoms with van der Waals surface area (Å²) < 4.78 is 24.4. The minimum Gasteiger partial charge on any atom is -0.444 e. The third-order valence-corrected chi connectivity index (χ3v) is 4.73. The van der Waals surface area contributed by atoms with Gasteiger partial charge in [-0.05, 0) is 51.3 Å². The van der Waals surface area contributed by atoms with Gasteiger partial charge in [0.25, 0.3) is 5.22 Å². The first-order valence-corrected chi connectivity index (χ1v) is 9.51. The highest BCUT2D eigenvalue weighted by Gasteiger charge is 2.36. The predicted molar refractivity (Wildman–Crippen MR) is 95.2 cm³/mol. The number of carbonyl (C=O) groups is 1. The number of amides is 1. The molecule has 1 amide bonds. The summed E-state index contributed by atoms with van der Waals surface area (Å²) >= 11 is 1.34. The quantitative estimate of drug-likeness (QED) is 0.725. The summed E-state index contributed by atoms with van der Waals surface area (Å²) in [4.78, 5) is 14.0. The van der Waals surface area contributed by atoms with Crippen LogP contribution < -0.4 is 0 Å². The zero-order chi connectivity index (χ0) is 18.7. The molecule has 0 radical (unpaired) electrons. The van der Waals surface area contributed by atoms with E-state index in [1.807, 2.05) is 26.8 Å². The molecule has 1 aromatic heterocycles. The molecule has 0 spiro atoms. The van der Waals surface area contributed by atoms with E-state index in [1.165, 1.54) is 23.9 Å². The maximum Gasteiger partial charge on any atom is 0.410 e. The first-order chi connectivity index (χ1) is 12.3. The van der Waals surface area contributed by atoms with Gasteiger partial charge in [-0.3, -0.25) is 4.90 Å². The summed E-state index contributed by atoms with van der Waals surface area (Å²) in [6, 6.07) is 6.13. The topological polar surface area (TPSA) is 68.5 Å². The Balaban J connectivity index is 1.63. The van der Waals surface area contributed by atoms with Gasteiger partial charge in [0.15, 0.2) is 0 Å². The molecule has 1 unspecified atom stereocenters. The van der Waals surface area contributed by atoms with Crippen molar-refractivity contribution in [3.8, 4) is 0 Å². The van der Waals surface area contributed by atoms with Crippen LogP contribution in [0.5, 0.6) is 0 Å². The van der Waals surface area contributed by atoms with Gasteiger partial charge in [0.05, 0.1) is 0 Å². The van der Waals surface area contributed by atoms with E-state index in [0.29, 0.717) is 23.4 Å². The van der Waals surface area contributed by atoms with Crippen molar-refractivity contribution >= 4 is 17.9 Å². The second-order valence-corrected chi connectivity index (χ2v) is 8.08. The normalized spacial score (nSPS) is 17.5. The molecule has 3 rings (SSSR count). The molecule has 0 N–H and O–H groups in total. The molecule has 1 fully saturated rings. The maximum atomic E-state index is 13.2. The van der Waals surface area contributed by atoms with Crippen molar-refractivity contribution < 1.29 is 18.3 Å². The van der Waals surface area contributed by atoms with Gasteiger partial charge in [0.1, 0.15) is 17.5 Å². The molecule has 1 aliphatic rings. The van der Waals surface area contributed by atoms with Gasteiger partial charge in [-0.1, -0.05) is 23.9 Å². The first kappa shape index (κ1) is 18.7. The Morgan fingerprint density at radius 2 is 2.23 bits per heavy atom. The average Bonchev–Trinajstić information content (AvgIpc) is 3.20. The fourth-order valence-electron chi connectivity index (χ4n) is 2.75. The van der Waals surface area contributed by atoms with Gasteiger partial charge in [-0.2, -0.15) is 0 Å². The molecule has 1 aromatic carbocycles. The van der Waals surface area contributed by atoms with Gasteiger partial charge in [-0.15, -0.1) is 10.2 Å². The number of nitrogens with zero attached hydrogens (tertiary/aromatic N) is 3. The molecular weight excluding hydrogens is 357 g/mol. The number of likely N-dealkylation sites (tertiary alicyclic amines) is 1. The molecular formula is C18H22FN3O3S. The third-order valence-electron chi connectivity index (χ3n) is 3.84. The number of thioether (sulfide) groups is 1. The SMILES string of the molecule is CC(C)(C)OC(=O)N1CCCC1c1nnc(SCc2cccc(F)c2)o1. The molecule has 0 saturated carbocycles. The molecule has 1 aliphatic heterocycles. The highest BCUT2D eigenvalue weighted by molar-refractivity contribution is 7.98. The van der Waals surface area contributed by atoms with Gasteiger partial charge in [-0.25, -0.2) is 9.18 Å². The lowest BCUT2D eigenvalue weighted by Gasteiger charge is -2.27. The molecule has 6 nitrogen and oxygen atoms in total. The van der Waals surface area contributed by atoms with Crippen LogP contribution >= 0.6 is 11.8 Å². The Bertz CT molecular complexity index is 775. The number of benzene rings is 1. The molecule has 8 heteroatoms. The summed E-state index contributed by atoms with van der Waals surface area (Å²) in [5, 5.41) is 8.54. The van der Waals surface area contributed by atoms with Crippen molar-refractivity contribution in [1.29, 1.82) is 0 Å². The Hall–Kier alpha value is -2.09. The van der Waals surface area contributed by atoms with Crippen LogP contribution in [0.15, 0.2) is 33.9 Å². The molecule has 0 bridgehead atoms. The van der Waals surface area contributed by atoms with Gasteiger partial charge in [0.2, 0.25) is 5.89 Å². The predicted octanol–water partition coefficient (Wildman–Crippen LogP) is 4.57. The van der Waals surface area contributed by atoms with Crippen LogP contribution in [0.3, 0.4) is 0 Å². The monoisotopic (exact) mass is 379 g/mol. The summed E-state index contributed by atoms with van der Waals surface area (Å²) in [6.45, 7) is 6.12. The van der Waals surface area contributed by atoms with Crippen LogP contribution in [-0.2, 0) is 10.5 Å². The maximum absolute atomic E-state index is 13.2. The van der Waals surface area contributed by atoms with E-state index in [4.69, 9.17) is 9.15 Å². The molecule has 26 heavy (non-hydrogen) atoms. The van der Waals surface area contributed by atoms with E-state index in [2.05, 4.69) is 10.2 Å². The lowest BCUT2D eigenvalue weighted by atomic mass is 10.2. The second-order valence-electron chi connectivity index (χ2n) is 7.16. The van der Waals surface area contributed by atoms with Crippen molar-refractivity contribution in [2.24, 2.45) is 0 Å². The zero-order valence-electron chi connectivity index (χ0n) is 15.1. The van der Waals surface area contributed by atoms with Crippen molar-refractivity contribution in [2.45, 2.75) is 56.2 Å². The molecule has 2 aromatic rings. The third kappa shape index (κ3) is 4.75. The standard InChI is InChI=1S/C18H22FN3O3S/c1-18(2,3)25-17(23)22-9-5-8-14(22)15-20-21-16(24-15)26-11-12-6-4-7-13(19)10-12/h4,6-7,10,14H,5,8-9,11H2,1-3H3. The van der Waals surface area contributed by atoms with Crippen LogP contribution in [0, 0.1) is 5.82 Å². The lowest BCUT2D eigenvalue weighted by Crippen LogP contribution is -2.36. The van der Waals surface area contributed by atoms with E-state index in [-0.39, 0.29) is 18.0 Å². The number of hydrogen-bond donors (Lipinski definition) is 0. The minimum atomic E-state index is -0.551. The fourth-order valence-corrected chi connectivity index (χ4v) is 3.46. The van der Waals surface area contributed by atoms with Gasteiger partial charge < -0.3 is 9.15 Å². The van der Waals surface area contributed by atoms with Gasteiger partial charge >= 0.3 is 6.09 Å². The highest BCUT2D eigenvalue weighted by Crippen LogP contribution is 2.34. The molecule has 1 atom stereocenters. The Morgan fingerprint density at radius 1 is 1.42 bits per heavy atom. The van der Waals surface area contributed by atoms with Gasteiger partial charge in [0, 0.05) is 12.3 Å². The fraction of sp³-hybridized carbons (Fsp3) is 0.500. The largest absolute Gasteiger partial charge is 0.444 e. The van der Waals surface area contributed by atoms with Crippen LogP contribution in [0.2, 0.25) is 0 Å². The average molecular weight is 379 g/mol. The number of aromatic nitrogens is 2. The van der Waals surface area contributed by atoms with E-state index < -0.39 is 5.60 Å². The van der Waals surface area contributed by atoms with E-state index in [1.54, 1.807) is 11.0 Å². The molecule has 2 heterocycles. The number of hydrogen-bond acceptors (Lipinski definition) is 6. The second kappa shape index (κ2) is 7.65. The van der Waals surface area contributed by atoms with Crippen LogP contribution in [0.1, 0.15) is 51.1 Å². The minimum absolute atomic E-state index is 0.263. The molecule has 140 valence electrons. The number of carbonyl (C=O) groups excluding carboxylic acids is 1. The Kier molecular flexibility index (Phi) is 5.50. The number of ether oxygens (including phenoxy) is 1. The molecule has 0 aliphatic carbocycles. The van der Waals surface area contributed by atoms with E-state index in [9.17, 15) is 9.18 Å². The number of rotatable bonds is 4. The highest BCUT2D eigenvalue weighted by atomic mass is 32.2. The summed E-state index contributed by atoms with van der Waals surface area (Å²) in [6.07, 6.45) is 1.25. The van der Waals surface area contributed by atoms with Crippen LogP contribution in [0.25, 0.3) is 0 Å². The van der Waals surface area contributed by atoms with E-state index in [0.717, 1.165) is 18.4 Å². The van der Waals surface area contributed by atoms with Crippen LogP contribution in [0.4, 0.5) is 9.18 Å². The summed E-state index contributed by atoms with van der Waals surface area (Å²) in [7, 11) is 0. The zero-order valence-corrected chi connectivity index (χ0v) is 15.9. The van der Waals surface area contributed by atoms with Crippen molar-refractivity contribution in [3.63, 3.8) is 0 Å². The summed E-state index contributed by atoms with van der Waals surface area (Å²) in [5.41, 5.74) is 0.288. The first-order valence-electron chi connectivity index (χ1n) is 8.52. The van der Waals surface area contributed by atoms with Crippen molar-refractivity contribution in [3.05, 3.63) is 41.5 Å². The van der Waals surface area contributed by atoms with Crippen LogP contribution in [-0.4, -0.2) is 33.3 Å². The van der Waals surface area contributed by atoms with Crippen molar-refractivity contribution in [2.75, 3.05) is 6.54 Å². The Morgan fingerprint density at radius 3 is 2.96 bits per heavy atom. The van der Waals surface area contributed by atoms with E-state index >= 15 is 0 Å². The number of halogens is 1. The summed E-state index contributed by atoms with van der Waals surface area (Å²) in [5.74, 6) is 0.670. The Labute approximate surface area is 156 Å². The smallest absolute Gasteiger partial charge is 0.410 e.